The number of hydrogen-bond acceptors (Lipinski definition) is 5. The van der Waals surface area contributed by atoms with Gasteiger partial charge in [-0.1, -0.05) is 12.1 Å². The van der Waals surface area contributed by atoms with Gasteiger partial charge in [0.25, 0.3) is 0 Å². The van der Waals surface area contributed by atoms with E-state index in [9.17, 15) is 4.79 Å². The van der Waals surface area contributed by atoms with Crippen LogP contribution in [0.4, 0.5) is 5.82 Å². The number of rotatable bonds is 4. The van der Waals surface area contributed by atoms with Crippen molar-refractivity contribution < 1.29 is 4.79 Å². The Kier molecular flexibility index (Phi) is 4.44. The second kappa shape index (κ2) is 7.24. The van der Waals surface area contributed by atoms with E-state index in [4.69, 9.17) is 4.98 Å². The molecule has 0 aliphatic carbocycles. The number of nitrogens with zero attached hydrogens (tertiary/aromatic N) is 5. The van der Waals surface area contributed by atoms with Crippen molar-refractivity contribution in [2.45, 2.75) is 25.4 Å². The van der Waals surface area contributed by atoms with Crippen LogP contribution in [-0.4, -0.2) is 51.4 Å². The van der Waals surface area contributed by atoms with Crippen LogP contribution in [0.2, 0.25) is 0 Å². The molecule has 7 nitrogen and oxygen atoms in total. The summed E-state index contributed by atoms with van der Waals surface area (Å²) in [7, 11) is 0. The molecular weight excluding hydrogens is 352 g/mol. The van der Waals surface area contributed by atoms with E-state index in [-0.39, 0.29) is 5.91 Å². The van der Waals surface area contributed by atoms with Gasteiger partial charge in [0, 0.05) is 32.0 Å². The Balaban J connectivity index is 1.50. The molecule has 0 aromatic carbocycles. The van der Waals surface area contributed by atoms with Crippen molar-refractivity contribution in [2.75, 3.05) is 31.1 Å². The van der Waals surface area contributed by atoms with E-state index < -0.39 is 0 Å². The molecule has 28 heavy (non-hydrogen) atoms. The van der Waals surface area contributed by atoms with Gasteiger partial charge in [0.2, 0.25) is 5.91 Å². The number of imidazole rings is 1. The number of pyridine rings is 2. The molecule has 144 valence electrons. The van der Waals surface area contributed by atoms with Crippen LogP contribution in [-0.2, 0) is 11.3 Å². The fourth-order valence-electron chi connectivity index (χ4n) is 4.41. The summed E-state index contributed by atoms with van der Waals surface area (Å²) in [6.07, 6.45) is 6.18. The van der Waals surface area contributed by atoms with Gasteiger partial charge in [-0.3, -0.25) is 19.1 Å². The minimum absolute atomic E-state index is 0.0654. The van der Waals surface area contributed by atoms with E-state index in [1.807, 2.05) is 36.7 Å². The number of fused-ring (bicyclic) bond motifs is 1. The maximum absolute atomic E-state index is 12.0. The Labute approximate surface area is 164 Å². The van der Waals surface area contributed by atoms with Crippen molar-refractivity contribution in [2.24, 2.45) is 0 Å². The molecule has 0 saturated carbocycles. The zero-order valence-corrected chi connectivity index (χ0v) is 15.8. The molecule has 1 atom stereocenters. The van der Waals surface area contributed by atoms with Crippen LogP contribution in [0, 0.1) is 0 Å². The normalized spacial score (nSPS) is 20.6. The molecule has 2 aliphatic heterocycles. The highest BCUT2D eigenvalue weighted by molar-refractivity contribution is 5.82. The summed E-state index contributed by atoms with van der Waals surface area (Å²) in [5.41, 5.74) is 3.08. The molecule has 0 spiro atoms. The first-order chi connectivity index (χ1) is 13.8. The molecule has 7 heteroatoms. The Bertz CT molecular complexity index is 985. The van der Waals surface area contributed by atoms with Crippen molar-refractivity contribution in [3.63, 3.8) is 0 Å². The Morgan fingerprint density at radius 3 is 2.93 bits per heavy atom. The molecule has 3 aromatic rings. The van der Waals surface area contributed by atoms with Gasteiger partial charge in [-0.05, 0) is 43.7 Å². The molecule has 0 radical (unpaired) electrons. The lowest BCUT2D eigenvalue weighted by molar-refractivity contribution is -0.120. The predicted molar refractivity (Wildman–Crippen MR) is 107 cm³/mol. The van der Waals surface area contributed by atoms with Gasteiger partial charge in [-0.2, -0.15) is 0 Å². The molecule has 1 N–H and O–H groups in total. The molecule has 2 saturated heterocycles. The monoisotopic (exact) mass is 376 g/mol. The van der Waals surface area contributed by atoms with Crippen LogP contribution in [0.15, 0.2) is 48.8 Å². The first-order valence-corrected chi connectivity index (χ1v) is 9.92. The van der Waals surface area contributed by atoms with Crippen molar-refractivity contribution in [1.82, 2.24) is 24.6 Å². The highest BCUT2D eigenvalue weighted by Gasteiger charge is 2.30. The van der Waals surface area contributed by atoms with Gasteiger partial charge in [-0.15, -0.1) is 0 Å². The van der Waals surface area contributed by atoms with Gasteiger partial charge in [0.05, 0.1) is 24.0 Å². The number of carbonyl (C=O) groups excluding carboxylic acids is 1. The van der Waals surface area contributed by atoms with Crippen molar-refractivity contribution >= 4 is 17.4 Å². The van der Waals surface area contributed by atoms with Crippen LogP contribution in [0.5, 0.6) is 0 Å². The zero-order valence-electron chi connectivity index (χ0n) is 15.8. The maximum Gasteiger partial charge on any atom is 0.239 e. The van der Waals surface area contributed by atoms with Gasteiger partial charge in [0.1, 0.15) is 11.5 Å². The van der Waals surface area contributed by atoms with Gasteiger partial charge >= 0.3 is 0 Å². The fraction of sp³-hybridized carbons (Fsp3) is 0.381. The molecule has 2 fully saturated rings. The first kappa shape index (κ1) is 17.2. The number of carbonyl (C=O) groups is 1. The number of aromatic nitrogens is 3. The smallest absolute Gasteiger partial charge is 0.239 e. The van der Waals surface area contributed by atoms with E-state index in [0.717, 1.165) is 55.3 Å². The summed E-state index contributed by atoms with van der Waals surface area (Å²) in [6.45, 7) is 3.63. The number of nitrogens with one attached hydrogen (secondary N) is 1. The fourth-order valence-corrected chi connectivity index (χ4v) is 4.41. The summed E-state index contributed by atoms with van der Waals surface area (Å²) in [5.74, 6) is 1.10. The highest BCUT2D eigenvalue weighted by atomic mass is 16.2. The number of piperazine rings is 1. The summed E-state index contributed by atoms with van der Waals surface area (Å²) in [6, 6.07) is 12.5. The Morgan fingerprint density at radius 2 is 2.07 bits per heavy atom. The number of amides is 1. The zero-order chi connectivity index (χ0) is 18.9. The van der Waals surface area contributed by atoms with Crippen molar-refractivity contribution in [3.05, 3.63) is 60.2 Å². The first-order valence-electron chi connectivity index (χ1n) is 9.92. The standard InChI is InChI=1S/C21H24N6O/c28-20-15-26(13-10-23-20)21-17(24-19-8-2-4-12-27(19)21)14-25-11-5-7-18(25)16-6-1-3-9-22-16/h1-4,6,8-9,12,18H,5,7,10-11,13-15H2,(H,23,28). The molecule has 1 amide bonds. The van der Waals surface area contributed by atoms with Gasteiger partial charge < -0.3 is 10.2 Å². The maximum atomic E-state index is 12.0. The second-order valence-electron chi connectivity index (χ2n) is 7.47. The lowest BCUT2D eigenvalue weighted by atomic mass is 10.1. The molecule has 5 heterocycles. The average Bonchev–Trinajstić information content (AvgIpc) is 3.33. The van der Waals surface area contributed by atoms with Crippen LogP contribution in [0.1, 0.15) is 30.3 Å². The number of anilines is 1. The van der Waals surface area contributed by atoms with Crippen molar-refractivity contribution in [1.29, 1.82) is 0 Å². The van der Waals surface area contributed by atoms with E-state index in [1.54, 1.807) is 0 Å². The average molecular weight is 376 g/mol. The third-order valence-corrected chi connectivity index (χ3v) is 5.66. The lowest BCUT2D eigenvalue weighted by Gasteiger charge is -2.30. The molecule has 3 aromatic heterocycles. The summed E-state index contributed by atoms with van der Waals surface area (Å²) >= 11 is 0. The van der Waals surface area contributed by atoms with E-state index in [1.165, 1.54) is 0 Å². The van der Waals surface area contributed by atoms with E-state index >= 15 is 0 Å². The largest absolute Gasteiger partial charge is 0.353 e. The summed E-state index contributed by atoms with van der Waals surface area (Å²) in [4.78, 5) is 26.1. The molecule has 0 bridgehead atoms. The quantitative estimate of drug-likeness (QED) is 0.755. The van der Waals surface area contributed by atoms with Gasteiger partial charge in [-0.25, -0.2) is 4.98 Å². The van der Waals surface area contributed by atoms with E-state index in [0.29, 0.717) is 19.1 Å². The predicted octanol–water partition coefficient (Wildman–Crippen LogP) is 2.00. The summed E-state index contributed by atoms with van der Waals surface area (Å²) in [5, 5.41) is 2.91. The number of likely N-dealkylation sites (tertiary alicyclic amines) is 1. The highest BCUT2D eigenvalue weighted by Crippen LogP contribution is 2.34. The molecule has 1 unspecified atom stereocenters. The minimum atomic E-state index is 0.0654. The lowest BCUT2D eigenvalue weighted by Crippen LogP contribution is -2.48. The second-order valence-corrected chi connectivity index (χ2v) is 7.47. The van der Waals surface area contributed by atoms with Crippen LogP contribution in [0.25, 0.3) is 5.65 Å². The van der Waals surface area contributed by atoms with Gasteiger partial charge in [0.15, 0.2) is 0 Å². The summed E-state index contributed by atoms with van der Waals surface area (Å²) < 4.78 is 2.11. The van der Waals surface area contributed by atoms with Crippen molar-refractivity contribution in [3.8, 4) is 0 Å². The van der Waals surface area contributed by atoms with E-state index in [2.05, 4.69) is 36.6 Å². The minimum Gasteiger partial charge on any atom is -0.353 e. The van der Waals surface area contributed by atoms with Crippen LogP contribution in [0.3, 0.4) is 0 Å². The molecule has 5 rings (SSSR count). The Morgan fingerprint density at radius 1 is 1.14 bits per heavy atom. The Hall–Kier alpha value is -2.93. The number of hydrogen-bond donors (Lipinski definition) is 1. The third kappa shape index (κ3) is 3.11. The van der Waals surface area contributed by atoms with Crippen LogP contribution >= 0.6 is 0 Å². The molecule has 2 aliphatic rings. The topological polar surface area (TPSA) is 65.8 Å². The van der Waals surface area contributed by atoms with Crippen LogP contribution < -0.4 is 10.2 Å². The molecular formula is C21H24N6O. The third-order valence-electron chi connectivity index (χ3n) is 5.66. The SMILES string of the molecule is O=C1CN(c2c(CN3CCCC3c3ccccn3)nc3ccccn23)CCN1.